The Morgan fingerprint density at radius 2 is 1.84 bits per heavy atom. The van der Waals surface area contributed by atoms with Crippen molar-refractivity contribution in [1.29, 1.82) is 0 Å². The second-order valence-electron chi connectivity index (χ2n) is 4.71. The first-order valence-corrected chi connectivity index (χ1v) is 7.30. The third-order valence-corrected chi connectivity index (χ3v) is 4.27. The molecule has 0 amide bonds. The highest BCUT2D eigenvalue weighted by molar-refractivity contribution is 7.09. The van der Waals surface area contributed by atoms with Crippen molar-refractivity contribution in [2.45, 2.75) is 32.9 Å². The number of nitrogens with zero attached hydrogens (tertiary/aromatic N) is 1. The van der Waals surface area contributed by atoms with Gasteiger partial charge in [-0.25, -0.2) is 4.98 Å². The van der Waals surface area contributed by atoms with Crippen LogP contribution in [0, 0.1) is 6.92 Å². The average Bonchev–Trinajstić information content (AvgIpc) is 2.85. The van der Waals surface area contributed by atoms with Gasteiger partial charge in [0.1, 0.15) is 10.8 Å². The van der Waals surface area contributed by atoms with Gasteiger partial charge in [-0.05, 0) is 38.5 Å². The molecule has 1 heterocycles. The first-order chi connectivity index (χ1) is 9.10. The largest absolute Gasteiger partial charge is 0.497 e. The average molecular weight is 276 g/mol. The molecule has 0 radical (unpaired) electrons. The molecule has 0 aliphatic rings. The lowest BCUT2D eigenvalue weighted by molar-refractivity contribution is 0.414. The summed E-state index contributed by atoms with van der Waals surface area (Å²) in [5, 5.41) is 6.80. The lowest BCUT2D eigenvalue weighted by atomic mass is 10.1. The minimum atomic E-state index is 0.260. The van der Waals surface area contributed by atoms with E-state index in [9.17, 15) is 0 Å². The van der Waals surface area contributed by atoms with Gasteiger partial charge in [0.05, 0.1) is 13.2 Å². The van der Waals surface area contributed by atoms with E-state index in [1.807, 2.05) is 19.1 Å². The van der Waals surface area contributed by atoms with Crippen molar-refractivity contribution in [2.24, 2.45) is 0 Å². The van der Waals surface area contributed by atoms with Crippen molar-refractivity contribution in [3.05, 3.63) is 45.9 Å². The van der Waals surface area contributed by atoms with Crippen molar-refractivity contribution < 1.29 is 4.74 Å². The molecule has 0 bridgehead atoms. The fraction of sp³-hybridized carbons (Fsp3) is 0.400. The fourth-order valence-electron chi connectivity index (χ4n) is 2.01. The third kappa shape index (κ3) is 3.55. The molecule has 0 aliphatic heterocycles. The SMILES string of the molecule is COc1ccc(C(C)NC(C)c2nc(C)cs2)cc1. The number of thiazole rings is 1. The number of nitrogens with one attached hydrogen (secondary N) is 1. The Morgan fingerprint density at radius 3 is 2.37 bits per heavy atom. The zero-order valence-corrected chi connectivity index (χ0v) is 12.6. The molecule has 1 aromatic carbocycles. The molecule has 4 heteroatoms. The van der Waals surface area contributed by atoms with Gasteiger partial charge in [0.25, 0.3) is 0 Å². The van der Waals surface area contributed by atoms with E-state index in [0.717, 1.165) is 16.5 Å². The summed E-state index contributed by atoms with van der Waals surface area (Å²) in [5.74, 6) is 0.888. The smallest absolute Gasteiger partial charge is 0.118 e. The van der Waals surface area contributed by atoms with Crippen LogP contribution in [0.15, 0.2) is 29.6 Å². The van der Waals surface area contributed by atoms with Crippen LogP contribution < -0.4 is 10.1 Å². The minimum Gasteiger partial charge on any atom is -0.497 e. The maximum atomic E-state index is 5.17. The summed E-state index contributed by atoms with van der Waals surface area (Å²) >= 11 is 1.71. The van der Waals surface area contributed by atoms with Crippen LogP contribution in [0.2, 0.25) is 0 Å². The standard InChI is InChI=1S/C15H20N2OS/c1-10-9-19-15(16-10)12(3)17-11(2)13-5-7-14(18-4)8-6-13/h5-9,11-12,17H,1-4H3. The minimum absolute atomic E-state index is 0.260. The molecule has 0 spiro atoms. The summed E-state index contributed by atoms with van der Waals surface area (Å²) in [7, 11) is 1.68. The Bertz CT molecular complexity index is 521. The molecule has 102 valence electrons. The first-order valence-electron chi connectivity index (χ1n) is 6.42. The van der Waals surface area contributed by atoms with E-state index in [4.69, 9.17) is 4.74 Å². The normalized spacial score (nSPS) is 14.1. The Balaban J connectivity index is 2.01. The molecule has 0 saturated carbocycles. The van der Waals surface area contributed by atoms with Crippen LogP contribution in [-0.2, 0) is 0 Å². The summed E-state index contributed by atoms with van der Waals surface area (Å²) in [6, 6.07) is 8.71. The number of aryl methyl sites for hydroxylation is 1. The maximum Gasteiger partial charge on any atom is 0.118 e. The topological polar surface area (TPSA) is 34.1 Å². The predicted octanol–water partition coefficient (Wildman–Crippen LogP) is 3.87. The highest BCUT2D eigenvalue weighted by Crippen LogP contribution is 2.23. The molecule has 0 fully saturated rings. The summed E-state index contributed by atoms with van der Waals surface area (Å²) in [5.41, 5.74) is 2.34. The lowest BCUT2D eigenvalue weighted by Crippen LogP contribution is -2.22. The fourth-order valence-corrected chi connectivity index (χ4v) is 2.82. The summed E-state index contributed by atoms with van der Waals surface area (Å²) in [4.78, 5) is 4.52. The number of hydrogen-bond donors (Lipinski definition) is 1. The molecule has 3 nitrogen and oxygen atoms in total. The molecular weight excluding hydrogens is 256 g/mol. The summed E-state index contributed by atoms with van der Waals surface area (Å²) < 4.78 is 5.17. The quantitative estimate of drug-likeness (QED) is 0.900. The van der Waals surface area contributed by atoms with Crippen LogP contribution >= 0.6 is 11.3 Å². The highest BCUT2D eigenvalue weighted by Gasteiger charge is 2.13. The second kappa shape index (κ2) is 6.17. The monoisotopic (exact) mass is 276 g/mol. The molecule has 19 heavy (non-hydrogen) atoms. The lowest BCUT2D eigenvalue weighted by Gasteiger charge is -2.19. The van der Waals surface area contributed by atoms with Crippen molar-refractivity contribution in [1.82, 2.24) is 10.3 Å². The number of rotatable bonds is 5. The Hall–Kier alpha value is -1.39. The van der Waals surface area contributed by atoms with E-state index in [0.29, 0.717) is 0 Å². The summed E-state index contributed by atoms with van der Waals surface area (Å²) in [6.07, 6.45) is 0. The molecule has 0 saturated heterocycles. The molecule has 2 rings (SSSR count). The van der Waals surface area contributed by atoms with Crippen LogP contribution in [-0.4, -0.2) is 12.1 Å². The molecule has 1 aromatic heterocycles. The molecular formula is C15H20N2OS. The predicted molar refractivity (Wildman–Crippen MR) is 79.8 cm³/mol. The van der Waals surface area contributed by atoms with E-state index in [1.54, 1.807) is 18.4 Å². The maximum absolute atomic E-state index is 5.17. The van der Waals surface area contributed by atoms with Gasteiger partial charge in [0.2, 0.25) is 0 Å². The van der Waals surface area contributed by atoms with Crippen molar-refractivity contribution in [2.75, 3.05) is 7.11 Å². The molecule has 0 aliphatic carbocycles. The van der Waals surface area contributed by atoms with Crippen molar-refractivity contribution in [3.8, 4) is 5.75 Å². The molecule has 2 aromatic rings. The zero-order valence-electron chi connectivity index (χ0n) is 11.8. The van der Waals surface area contributed by atoms with Crippen LogP contribution in [0.4, 0.5) is 0 Å². The van der Waals surface area contributed by atoms with Crippen molar-refractivity contribution >= 4 is 11.3 Å². The number of benzene rings is 1. The van der Waals surface area contributed by atoms with Gasteiger partial charge in [-0.3, -0.25) is 0 Å². The van der Waals surface area contributed by atoms with Crippen LogP contribution in [0.3, 0.4) is 0 Å². The zero-order chi connectivity index (χ0) is 13.8. The van der Waals surface area contributed by atoms with E-state index in [-0.39, 0.29) is 12.1 Å². The van der Waals surface area contributed by atoms with E-state index >= 15 is 0 Å². The van der Waals surface area contributed by atoms with Crippen LogP contribution in [0.5, 0.6) is 5.75 Å². The Kier molecular flexibility index (Phi) is 4.56. The van der Waals surface area contributed by atoms with E-state index < -0.39 is 0 Å². The molecule has 2 atom stereocenters. The van der Waals surface area contributed by atoms with Gasteiger partial charge >= 0.3 is 0 Å². The van der Waals surface area contributed by atoms with Gasteiger partial charge in [-0.15, -0.1) is 11.3 Å². The number of hydrogen-bond acceptors (Lipinski definition) is 4. The van der Waals surface area contributed by atoms with Gasteiger partial charge < -0.3 is 10.1 Å². The van der Waals surface area contributed by atoms with Crippen molar-refractivity contribution in [3.63, 3.8) is 0 Å². The van der Waals surface area contributed by atoms with Crippen LogP contribution in [0.25, 0.3) is 0 Å². The highest BCUT2D eigenvalue weighted by atomic mass is 32.1. The number of aromatic nitrogens is 1. The second-order valence-corrected chi connectivity index (χ2v) is 5.60. The Morgan fingerprint density at radius 1 is 1.16 bits per heavy atom. The third-order valence-electron chi connectivity index (χ3n) is 3.12. The molecule has 1 N–H and O–H groups in total. The number of methoxy groups -OCH3 is 1. The Labute approximate surface area is 118 Å². The van der Waals surface area contributed by atoms with E-state index in [2.05, 4.69) is 41.7 Å². The van der Waals surface area contributed by atoms with E-state index in [1.165, 1.54) is 5.56 Å². The van der Waals surface area contributed by atoms with Crippen LogP contribution in [0.1, 0.15) is 42.2 Å². The van der Waals surface area contributed by atoms with Gasteiger partial charge in [-0.1, -0.05) is 12.1 Å². The van der Waals surface area contributed by atoms with Gasteiger partial charge in [0.15, 0.2) is 0 Å². The summed E-state index contributed by atoms with van der Waals surface area (Å²) in [6.45, 7) is 6.34. The van der Waals surface area contributed by atoms with Gasteiger partial charge in [-0.2, -0.15) is 0 Å². The first kappa shape index (κ1) is 14.0. The molecule has 2 unspecified atom stereocenters. The number of ether oxygens (including phenoxy) is 1. The van der Waals surface area contributed by atoms with Gasteiger partial charge in [0, 0.05) is 17.1 Å².